The quantitative estimate of drug-likeness (QED) is 0.864. The number of nitrogens with zero attached hydrogens (tertiary/aromatic N) is 1. The van der Waals surface area contributed by atoms with Crippen LogP contribution >= 0.6 is 12.4 Å². The average molecular weight is 366 g/mol. The van der Waals surface area contributed by atoms with Crippen LogP contribution in [0, 0.1) is 0 Å². The molecule has 2 amide bonds. The Morgan fingerprint density at radius 1 is 1.04 bits per heavy atom. The zero-order valence-electron chi connectivity index (χ0n) is 14.6. The molecule has 138 valence electrons. The van der Waals surface area contributed by atoms with Gasteiger partial charge in [-0.15, -0.1) is 12.4 Å². The van der Waals surface area contributed by atoms with Crippen molar-refractivity contribution < 1.29 is 9.59 Å². The molecule has 2 aliphatic rings. The van der Waals surface area contributed by atoms with Gasteiger partial charge in [-0.1, -0.05) is 37.5 Å². The molecule has 1 saturated carbocycles. The second kappa shape index (κ2) is 8.68. The summed E-state index contributed by atoms with van der Waals surface area (Å²) in [6.07, 6.45) is 6.39. The number of hydrogen-bond donors (Lipinski definition) is 2. The maximum absolute atomic E-state index is 12.5. The molecule has 1 aromatic carbocycles. The zero-order chi connectivity index (χ0) is 17.0. The second-order valence-corrected chi connectivity index (χ2v) is 7.12. The van der Waals surface area contributed by atoms with Crippen LogP contribution in [-0.2, 0) is 4.79 Å². The van der Waals surface area contributed by atoms with E-state index < -0.39 is 5.54 Å². The van der Waals surface area contributed by atoms with E-state index >= 15 is 0 Å². The van der Waals surface area contributed by atoms with Crippen LogP contribution in [0.1, 0.15) is 55.3 Å². The van der Waals surface area contributed by atoms with Gasteiger partial charge in [-0.2, -0.15) is 0 Å². The molecular formula is C19H28ClN3O2. The predicted octanol–water partition coefficient (Wildman–Crippen LogP) is 2.49. The summed E-state index contributed by atoms with van der Waals surface area (Å²) in [7, 11) is 0. The summed E-state index contributed by atoms with van der Waals surface area (Å²) in [6.45, 7) is 1.35. The lowest BCUT2D eigenvalue weighted by Gasteiger charge is -2.36. The number of carbonyl (C=O) groups is 2. The number of halogens is 1. The van der Waals surface area contributed by atoms with Gasteiger partial charge in [0.1, 0.15) is 0 Å². The van der Waals surface area contributed by atoms with E-state index in [1.165, 1.54) is 6.42 Å². The molecule has 1 aliphatic carbocycles. The van der Waals surface area contributed by atoms with Gasteiger partial charge in [-0.05, 0) is 37.8 Å². The molecule has 1 aliphatic heterocycles. The van der Waals surface area contributed by atoms with Crippen LogP contribution < -0.4 is 11.1 Å². The number of hydrogen-bond acceptors (Lipinski definition) is 3. The first kappa shape index (κ1) is 19.7. The summed E-state index contributed by atoms with van der Waals surface area (Å²) in [5.41, 5.74) is 6.33. The SMILES string of the molecule is Cl.NC1(C(=O)NC2CCN(C(=O)c3ccccc3)CC2)CCCCC1. The van der Waals surface area contributed by atoms with E-state index in [1.807, 2.05) is 35.2 Å². The summed E-state index contributed by atoms with van der Waals surface area (Å²) in [4.78, 5) is 26.8. The van der Waals surface area contributed by atoms with Crippen molar-refractivity contribution in [2.45, 2.75) is 56.5 Å². The molecule has 1 saturated heterocycles. The topological polar surface area (TPSA) is 75.4 Å². The van der Waals surface area contributed by atoms with Crippen LogP contribution in [-0.4, -0.2) is 41.4 Å². The second-order valence-electron chi connectivity index (χ2n) is 7.12. The van der Waals surface area contributed by atoms with Crippen molar-refractivity contribution in [3.05, 3.63) is 35.9 Å². The van der Waals surface area contributed by atoms with E-state index in [2.05, 4.69) is 5.32 Å². The molecule has 0 radical (unpaired) electrons. The fourth-order valence-electron chi connectivity index (χ4n) is 3.73. The minimum absolute atomic E-state index is 0. The van der Waals surface area contributed by atoms with Gasteiger partial charge in [-0.25, -0.2) is 0 Å². The Morgan fingerprint density at radius 3 is 2.24 bits per heavy atom. The largest absolute Gasteiger partial charge is 0.352 e. The standard InChI is InChI=1S/C19H27N3O2.ClH/c20-19(11-5-2-6-12-19)18(24)21-16-9-13-22(14-10-16)17(23)15-7-3-1-4-8-15;/h1,3-4,7-8,16H,2,5-6,9-14,20H2,(H,21,24);1H. The molecule has 25 heavy (non-hydrogen) atoms. The molecule has 1 aromatic rings. The first-order valence-corrected chi connectivity index (χ1v) is 9.03. The number of nitrogens with one attached hydrogen (secondary N) is 1. The Labute approximate surface area is 155 Å². The van der Waals surface area contributed by atoms with Gasteiger partial charge in [-0.3, -0.25) is 9.59 Å². The minimum atomic E-state index is -0.685. The van der Waals surface area contributed by atoms with Gasteiger partial charge in [0, 0.05) is 24.7 Å². The van der Waals surface area contributed by atoms with Gasteiger partial charge in [0.15, 0.2) is 0 Å². The maximum atomic E-state index is 12.5. The van der Waals surface area contributed by atoms with E-state index in [-0.39, 0.29) is 30.3 Å². The van der Waals surface area contributed by atoms with E-state index in [1.54, 1.807) is 0 Å². The van der Waals surface area contributed by atoms with Crippen LogP contribution in [0.25, 0.3) is 0 Å². The van der Waals surface area contributed by atoms with Crippen LogP contribution in [0.15, 0.2) is 30.3 Å². The highest BCUT2D eigenvalue weighted by Crippen LogP contribution is 2.26. The Morgan fingerprint density at radius 2 is 1.64 bits per heavy atom. The van der Waals surface area contributed by atoms with E-state index in [0.29, 0.717) is 13.1 Å². The smallest absolute Gasteiger partial charge is 0.253 e. The fraction of sp³-hybridized carbons (Fsp3) is 0.579. The summed E-state index contributed by atoms with van der Waals surface area (Å²) in [6, 6.07) is 9.48. The highest BCUT2D eigenvalue weighted by molar-refractivity contribution is 5.94. The summed E-state index contributed by atoms with van der Waals surface area (Å²) in [5, 5.41) is 3.13. The molecule has 6 heteroatoms. The third-order valence-corrected chi connectivity index (χ3v) is 5.34. The molecule has 0 aromatic heterocycles. The lowest BCUT2D eigenvalue weighted by Crippen LogP contribution is -2.58. The Kier molecular flexibility index (Phi) is 6.85. The van der Waals surface area contributed by atoms with E-state index in [9.17, 15) is 9.59 Å². The molecule has 0 spiro atoms. The predicted molar refractivity (Wildman–Crippen MR) is 101 cm³/mol. The van der Waals surface area contributed by atoms with Crippen LogP contribution in [0.5, 0.6) is 0 Å². The first-order valence-electron chi connectivity index (χ1n) is 9.03. The van der Waals surface area contributed by atoms with Crippen LogP contribution in [0.4, 0.5) is 0 Å². The monoisotopic (exact) mass is 365 g/mol. The number of likely N-dealkylation sites (tertiary alicyclic amines) is 1. The molecular weight excluding hydrogens is 338 g/mol. The van der Waals surface area contributed by atoms with Gasteiger partial charge in [0.25, 0.3) is 5.91 Å². The van der Waals surface area contributed by atoms with Crippen molar-refractivity contribution in [3.8, 4) is 0 Å². The zero-order valence-corrected chi connectivity index (χ0v) is 15.4. The highest BCUT2D eigenvalue weighted by Gasteiger charge is 2.36. The number of benzene rings is 1. The number of amides is 2. The molecule has 2 fully saturated rings. The number of carbonyl (C=O) groups excluding carboxylic acids is 2. The van der Waals surface area contributed by atoms with E-state index in [4.69, 9.17) is 5.73 Å². The molecule has 5 nitrogen and oxygen atoms in total. The van der Waals surface area contributed by atoms with Crippen molar-refractivity contribution in [1.29, 1.82) is 0 Å². The van der Waals surface area contributed by atoms with Crippen molar-refractivity contribution in [1.82, 2.24) is 10.2 Å². The fourth-order valence-corrected chi connectivity index (χ4v) is 3.73. The first-order chi connectivity index (χ1) is 11.6. The maximum Gasteiger partial charge on any atom is 0.253 e. The van der Waals surface area contributed by atoms with Gasteiger partial charge >= 0.3 is 0 Å². The molecule has 0 unspecified atom stereocenters. The molecule has 1 heterocycles. The molecule has 0 atom stereocenters. The summed E-state index contributed by atoms with van der Waals surface area (Å²) < 4.78 is 0. The Bertz CT molecular complexity index is 580. The Hall–Kier alpha value is -1.59. The van der Waals surface area contributed by atoms with Gasteiger partial charge < -0.3 is 16.0 Å². The van der Waals surface area contributed by atoms with Crippen molar-refractivity contribution >= 4 is 24.2 Å². The number of piperidine rings is 1. The minimum Gasteiger partial charge on any atom is -0.352 e. The van der Waals surface area contributed by atoms with Gasteiger partial charge in [0.05, 0.1) is 5.54 Å². The van der Waals surface area contributed by atoms with Crippen molar-refractivity contribution in [2.75, 3.05) is 13.1 Å². The van der Waals surface area contributed by atoms with E-state index in [0.717, 1.165) is 44.1 Å². The highest BCUT2D eigenvalue weighted by atomic mass is 35.5. The average Bonchev–Trinajstić information content (AvgIpc) is 2.63. The molecule has 0 bridgehead atoms. The molecule has 3 N–H and O–H groups in total. The lowest BCUT2D eigenvalue weighted by molar-refractivity contribution is -0.128. The van der Waals surface area contributed by atoms with Crippen molar-refractivity contribution in [3.63, 3.8) is 0 Å². The van der Waals surface area contributed by atoms with Crippen LogP contribution in [0.2, 0.25) is 0 Å². The van der Waals surface area contributed by atoms with Crippen LogP contribution in [0.3, 0.4) is 0 Å². The lowest BCUT2D eigenvalue weighted by atomic mass is 9.81. The number of nitrogens with two attached hydrogens (primary N) is 1. The number of rotatable bonds is 3. The molecule has 3 rings (SSSR count). The van der Waals surface area contributed by atoms with Crippen molar-refractivity contribution in [2.24, 2.45) is 5.73 Å². The normalized spacial score (nSPS) is 20.4. The Balaban J connectivity index is 0.00000225. The summed E-state index contributed by atoms with van der Waals surface area (Å²) in [5.74, 6) is 0.0676. The summed E-state index contributed by atoms with van der Waals surface area (Å²) >= 11 is 0. The van der Waals surface area contributed by atoms with Gasteiger partial charge in [0.2, 0.25) is 5.91 Å². The third kappa shape index (κ3) is 4.73. The third-order valence-electron chi connectivity index (χ3n) is 5.34.